The summed E-state index contributed by atoms with van der Waals surface area (Å²) in [5.41, 5.74) is 1.39. The minimum atomic E-state index is -0.878. The number of halogens is 1. The average Bonchev–Trinajstić information content (AvgIpc) is 3.41. The lowest BCUT2D eigenvalue weighted by molar-refractivity contribution is -0.155. The maximum Gasteiger partial charge on any atom is 0.311 e. The van der Waals surface area contributed by atoms with Crippen molar-refractivity contribution in [2.45, 2.75) is 55.2 Å². The summed E-state index contributed by atoms with van der Waals surface area (Å²) in [6.45, 7) is 13.0. The monoisotopic (exact) mass is 532 g/mol. The van der Waals surface area contributed by atoms with Gasteiger partial charge in [0.25, 0.3) is 5.91 Å². The van der Waals surface area contributed by atoms with Crippen molar-refractivity contribution in [3.63, 3.8) is 0 Å². The Morgan fingerprint density at radius 3 is 2.69 bits per heavy atom. The number of para-hydroxylation sites is 1. The van der Waals surface area contributed by atoms with Crippen molar-refractivity contribution < 1.29 is 24.2 Å². The molecule has 1 aromatic carbocycles. The van der Waals surface area contributed by atoms with Gasteiger partial charge in [-0.25, -0.2) is 0 Å². The highest BCUT2D eigenvalue weighted by molar-refractivity contribution is 8.02. The number of likely N-dealkylation sites (tertiary alicyclic amines) is 1. The minimum absolute atomic E-state index is 0.0575. The van der Waals surface area contributed by atoms with E-state index in [0.717, 1.165) is 5.56 Å². The maximum atomic E-state index is 14.5. The molecular weight excluding hydrogens is 500 g/mol. The molecular formula is C27H33ClN2O5S. The van der Waals surface area contributed by atoms with Gasteiger partial charge in [0.05, 0.1) is 39.9 Å². The highest BCUT2D eigenvalue weighted by Crippen LogP contribution is 2.71. The molecule has 2 unspecified atom stereocenters. The van der Waals surface area contributed by atoms with Crippen molar-refractivity contribution in [1.82, 2.24) is 4.90 Å². The molecule has 2 bridgehead atoms. The van der Waals surface area contributed by atoms with Crippen LogP contribution in [0.5, 0.6) is 0 Å². The van der Waals surface area contributed by atoms with E-state index >= 15 is 0 Å². The summed E-state index contributed by atoms with van der Waals surface area (Å²) in [6.07, 6.45) is 4.40. The lowest BCUT2D eigenvalue weighted by Gasteiger charge is -2.39. The zero-order valence-corrected chi connectivity index (χ0v) is 22.5. The first-order valence-electron chi connectivity index (χ1n) is 12.2. The Hall–Kier alpha value is -2.29. The summed E-state index contributed by atoms with van der Waals surface area (Å²) < 4.78 is 4.08. The number of hydrogen-bond acceptors (Lipinski definition) is 6. The van der Waals surface area contributed by atoms with Crippen LogP contribution in [0.2, 0.25) is 5.02 Å². The molecule has 0 radical (unpaired) electrons. The van der Waals surface area contributed by atoms with Crippen molar-refractivity contribution in [3.05, 3.63) is 54.1 Å². The number of aryl methyl sites for hydroxylation is 1. The van der Waals surface area contributed by atoms with E-state index in [1.807, 2.05) is 26.0 Å². The van der Waals surface area contributed by atoms with Crippen LogP contribution in [0.25, 0.3) is 0 Å². The van der Waals surface area contributed by atoms with Gasteiger partial charge in [-0.15, -0.1) is 18.3 Å². The van der Waals surface area contributed by atoms with Crippen LogP contribution in [-0.2, 0) is 19.1 Å². The van der Waals surface area contributed by atoms with Gasteiger partial charge in [0.2, 0.25) is 5.91 Å². The molecule has 1 N–H and O–H groups in total. The van der Waals surface area contributed by atoms with Gasteiger partial charge in [-0.2, -0.15) is 0 Å². The number of carbonyl (C=O) groups excluding carboxylic acids is 3. The number of fused-ring (bicyclic) bond motifs is 1. The van der Waals surface area contributed by atoms with Crippen molar-refractivity contribution in [1.29, 1.82) is 0 Å². The third-order valence-electron chi connectivity index (χ3n) is 7.82. The Morgan fingerprint density at radius 1 is 1.36 bits per heavy atom. The predicted octanol–water partition coefficient (Wildman–Crippen LogP) is 3.76. The SMILES string of the molecule is C=CCOC(=O)[C@H]1[C@H]2C(=O)N([C@H](C)CO)C(C(=O)N(CC=C)c3c(C)cccc3Cl)C23CC[C@]1(C)S3. The van der Waals surface area contributed by atoms with Gasteiger partial charge in [-0.1, -0.05) is 42.5 Å². The van der Waals surface area contributed by atoms with Gasteiger partial charge in [-0.05, 0) is 45.2 Å². The fourth-order valence-corrected chi connectivity index (χ4v) is 8.98. The smallest absolute Gasteiger partial charge is 0.311 e. The largest absolute Gasteiger partial charge is 0.461 e. The third kappa shape index (κ3) is 3.89. The Kier molecular flexibility index (Phi) is 7.34. The summed E-state index contributed by atoms with van der Waals surface area (Å²) in [4.78, 5) is 44.8. The van der Waals surface area contributed by atoms with Crippen molar-refractivity contribution >= 4 is 46.8 Å². The number of aliphatic hydroxyl groups is 1. The van der Waals surface area contributed by atoms with Crippen LogP contribution in [0.4, 0.5) is 5.69 Å². The number of aliphatic hydroxyl groups excluding tert-OH is 1. The second-order valence-electron chi connectivity index (χ2n) is 10.1. The summed E-state index contributed by atoms with van der Waals surface area (Å²) in [6, 6.07) is 3.94. The normalized spacial score (nSPS) is 31.2. The van der Waals surface area contributed by atoms with Crippen LogP contribution < -0.4 is 4.90 Å². The molecule has 3 saturated heterocycles. The lowest BCUT2D eigenvalue weighted by atomic mass is 9.66. The maximum absolute atomic E-state index is 14.5. The number of benzene rings is 1. The number of carbonyl (C=O) groups is 3. The number of ether oxygens (including phenoxy) is 1. The molecule has 3 fully saturated rings. The predicted molar refractivity (Wildman–Crippen MR) is 142 cm³/mol. The topological polar surface area (TPSA) is 87.1 Å². The van der Waals surface area contributed by atoms with Gasteiger partial charge >= 0.3 is 5.97 Å². The Labute approximate surface area is 221 Å². The van der Waals surface area contributed by atoms with Crippen molar-refractivity contribution in [2.24, 2.45) is 11.8 Å². The fraction of sp³-hybridized carbons (Fsp3) is 0.519. The van der Waals surface area contributed by atoms with E-state index < -0.39 is 39.4 Å². The van der Waals surface area contributed by atoms with Crippen molar-refractivity contribution in [3.8, 4) is 0 Å². The molecule has 36 heavy (non-hydrogen) atoms. The molecule has 0 aromatic heterocycles. The molecule has 1 aromatic rings. The van der Waals surface area contributed by atoms with E-state index in [1.54, 1.807) is 35.7 Å². The molecule has 1 spiro atoms. The Balaban J connectivity index is 1.84. The Morgan fingerprint density at radius 2 is 2.08 bits per heavy atom. The standard InChI is InChI=1S/C27H33ClN2O5S/c1-6-13-29(21-16(3)9-8-10-18(21)28)24(33)22-27-12-11-26(5,36-27)20(25(34)35-14-7-2)19(27)23(32)30(22)17(4)15-31/h6-10,17,19-20,22,31H,1-2,11-15H2,3-5H3/t17-,19+,20-,22?,26+,27?/m1/s1. The van der Waals surface area contributed by atoms with Gasteiger partial charge in [0, 0.05) is 11.3 Å². The summed E-state index contributed by atoms with van der Waals surface area (Å²) in [5, 5.41) is 10.5. The number of thioether (sulfide) groups is 1. The van der Waals surface area contributed by atoms with Crippen LogP contribution in [0.1, 0.15) is 32.3 Å². The van der Waals surface area contributed by atoms with Crippen LogP contribution in [0.3, 0.4) is 0 Å². The van der Waals surface area contributed by atoms with Crippen molar-refractivity contribution in [2.75, 3.05) is 24.7 Å². The number of hydrogen-bond donors (Lipinski definition) is 1. The molecule has 7 nitrogen and oxygen atoms in total. The van der Waals surface area contributed by atoms with E-state index in [4.69, 9.17) is 16.3 Å². The first kappa shape index (κ1) is 26.8. The average molecular weight is 533 g/mol. The van der Waals surface area contributed by atoms with Gasteiger partial charge in [0.15, 0.2) is 0 Å². The van der Waals surface area contributed by atoms with E-state index in [0.29, 0.717) is 23.6 Å². The molecule has 194 valence electrons. The lowest BCUT2D eigenvalue weighted by Crippen LogP contribution is -2.57. The van der Waals surface area contributed by atoms with E-state index in [-0.39, 0.29) is 31.6 Å². The zero-order chi connectivity index (χ0) is 26.4. The first-order valence-corrected chi connectivity index (χ1v) is 13.4. The van der Waals surface area contributed by atoms with E-state index in [1.165, 1.54) is 11.0 Å². The second kappa shape index (κ2) is 9.88. The molecule has 4 rings (SSSR count). The van der Waals surface area contributed by atoms with Gasteiger partial charge in [-0.3, -0.25) is 14.4 Å². The van der Waals surface area contributed by atoms with Crippen LogP contribution in [-0.4, -0.2) is 69.1 Å². The van der Waals surface area contributed by atoms with Gasteiger partial charge < -0.3 is 19.6 Å². The number of rotatable bonds is 9. The number of nitrogens with zero attached hydrogens (tertiary/aromatic N) is 2. The van der Waals surface area contributed by atoms with E-state index in [2.05, 4.69) is 13.2 Å². The molecule has 3 aliphatic rings. The zero-order valence-electron chi connectivity index (χ0n) is 20.9. The van der Waals surface area contributed by atoms with Crippen LogP contribution in [0.15, 0.2) is 43.5 Å². The Bertz CT molecular complexity index is 1090. The second-order valence-corrected chi connectivity index (χ2v) is 12.4. The summed E-state index contributed by atoms with van der Waals surface area (Å²) in [7, 11) is 0. The minimum Gasteiger partial charge on any atom is -0.461 e. The molecule has 0 saturated carbocycles. The molecule has 0 aliphatic carbocycles. The summed E-state index contributed by atoms with van der Waals surface area (Å²) >= 11 is 8.12. The molecule has 3 aliphatic heterocycles. The molecule has 2 amide bonds. The quantitative estimate of drug-likeness (QED) is 0.385. The number of esters is 1. The van der Waals surface area contributed by atoms with Gasteiger partial charge in [0.1, 0.15) is 12.6 Å². The summed E-state index contributed by atoms with van der Waals surface area (Å²) in [5.74, 6) is -2.44. The molecule has 9 heteroatoms. The van der Waals surface area contributed by atoms with E-state index in [9.17, 15) is 19.5 Å². The number of anilines is 1. The first-order chi connectivity index (χ1) is 17.1. The third-order valence-corrected chi connectivity index (χ3v) is 10.1. The number of amides is 2. The van der Waals surface area contributed by atoms with Crippen LogP contribution >= 0.6 is 23.4 Å². The fourth-order valence-electron chi connectivity index (χ4n) is 6.33. The highest BCUT2D eigenvalue weighted by atomic mass is 35.5. The highest BCUT2D eigenvalue weighted by Gasteiger charge is 2.78. The van der Waals surface area contributed by atoms with Crippen LogP contribution in [0, 0.1) is 18.8 Å². The molecule has 6 atom stereocenters. The molecule has 3 heterocycles.